The van der Waals surface area contributed by atoms with Crippen LogP contribution in [0.15, 0.2) is 24.3 Å². The number of fused-ring (bicyclic) bond motifs is 1. The number of aromatic hydroxyl groups is 1. The second-order valence-corrected chi connectivity index (χ2v) is 10.1. The van der Waals surface area contributed by atoms with Gasteiger partial charge in [-0.15, -0.1) is 0 Å². The van der Waals surface area contributed by atoms with E-state index in [0.717, 1.165) is 24.2 Å². The molecule has 1 aromatic heterocycles. The molecule has 0 spiro atoms. The topological polar surface area (TPSA) is 97.6 Å². The number of hydrogen-bond acceptors (Lipinski definition) is 5. The average molecular weight is 449 g/mol. The summed E-state index contributed by atoms with van der Waals surface area (Å²) in [7, 11) is 0. The van der Waals surface area contributed by atoms with Crippen molar-refractivity contribution in [3.8, 4) is 5.75 Å². The predicted octanol–water partition coefficient (Wildman–Crippen LogP) is 3.58. The van der Waals surface area contributed by atoms with Crippen LogP contribution in [0, 0.1) is 12.3 Å². The molecule has 2 aliphatic heterocycles. The molecule has 7 nitrogen and oxygen atoms in total. The van der Waals surface area contributed by atoms with Crippen LogP contribution < -0.4 is 0 Å². The second kappa shape index (κ2) is 8.61. The molecule has 3 heterocycles. The van der Waals surface area contributed by atoms with Crippen molar-refractivity contribution < 1.29 is 14.7 Å². The first-order valence-electron chi connectivity index (χ1n) is 11.5. The Hall–Kier alpha value is -3.22. The lowest BCUT2D eigenvalue weighted by molar-refractivity contribution is -0.127. The fourth-order valence-corrected chi connectivity index (χ4v) is 4.57. The zero-order chi connectivity index (χ0) is 23.9. The molecule has 2 N–H and O–H groups in total. The molecule has 33 heavy (non-hydrogen) atoms. The lowest BCUT2D eigenvalue weighted by Crippen LogP contribution is -2.31. The number of carbonyl (C=O) groups is 2. The molecule has 1 fully saturated rings. The van der Waals surface area contributed by atoms with Crippen molar-refractivity contribution in [1.82, 2.24) is 14.8 Å². The first-order valence-corrected chi connectivity index (χ1v) is 11.5. The van der Waals surface area contributed by atoms with Crippen molar-refractivity contribution in [2.75, 3.05) is 19.6 Å². The zero-order valence-electron chi connectivity index (χ0n) is 19.9. The highest BCUT2D eigenvalue weighted by Crippen LogP contribution is 2.35. The van der Waals surface area contributed by atoms with Gasteiger partial charge in [0.25, 0.3) is 0 Å². The van der Waals surface area contributed by atoms with E-state index >= 15 is 0 Å². The van der Waals surface area contributed by atoms with E-state index in [1.54, 1.807) is 17.0 Å². The number of phenolic OH excluding ortho intramolecular Hbond substituents is 1. The molecule has 2 aromatic rings. The molecule has 4 rings (SSSR count). The van der Waals surface area contributed by atoms with Gasteiger partial charge in [-0.1, -0.05) is 26.8 Å². The Bertz CT molecular complexity index is 1130. The van der Waals surface area contributed by atoms with Gasteiger partial charge in [-0.05, 0) is 48.9 Å². The molecule has 2 aliphatic rings. The first kappa shape index (κ1) is 23.0. The number of carbonyl (C=O) groups excluding carboxylic acids is 2. The van der Waals surface area contributed by atoms with Crippen molar-refractivity contribution in [2.24, 2.45) is 0 Å². The summed E-state index contributed by atoms with van der Waals surface area (Å²) < 4.78 is 0. The van der Waals surface area contributed by atoms with Crippen LogP contribution in [0.2, 0.25) is 0 Å². The van der Waals surface area contributed by atoms with E-state index in [1.807, 2.05) is 44.7 Å². The van der Waals surface area contributed by atoms with E-state index in [0.29, 0.717) is 48.3 Å². The van der Waals surface area contributed by atoms with Crippen LogP contribution in [0.1, 0.15) is 72.0 Å². The van der Waals surface area contributed by atoms with Gasteiger partial charge in [-0.2, -0.15) is 0 Å². The van der Waals surface area contributed by atoms with Crippen LogP contribution in [-0.2, 0) is 23.2 Å². The molecule has 0 aliphatic carbocycles. The highest BCUT2D eigenvalue weighted by molar-refractivity contribution is 6.04. The minimum Gasteiger partial charge on any atom is -0.507 e. The number of nitrogens with one attached hydrogen (secondary N) is 1. The Morgan fingerprint density at radius 1 is 1.21 bits per heavy atom. The number of amidine groups is 1. The summed E-state index contributed by atoms with van der Waals surface area (Å²) in [6, 6.07) is 7.41. The second-order valence-electron chi connectivity index (χ2n) is 10.1. The number of hydrogen-bond donors (Lipinski definition) is 2. The maximum Gasteiger partial charge on any atom is 0.222 e. The van der Waals surface area contributed by atoms with E-state index < -0.39 is 0 Å². The maximum atomic E-state index is 13.3. The van der Waals surface area contributed by atoms with Crippen molar-refractivity contribution in [1.29, 1.82) is 5.41 Å². The number of rotatable bonds is 6. The van der Waals surface area contributed by atoms with Gasteiger partial charge in [0.1, 0.15) is 17.3 Å². The van der Waals surface area contributed by atoms with Gasteiger partial charge >= 0.3 is 0 Å². The van der Waals surface area contributed by atoms with Gasteiger partial charge in [0.2, 0.25) is 5.91 Å². The molecular weight excluding hydrogens is 416 g/mol. The fraction of sp³-hybridized carbons (Fsp3) is 0.462. The fourth-order valence-electron chi connectivity index (χ4n) is 4.57. The SMILES string of the molecule is Cc1ccc2c(n1)C(=N)N(CC(=O)c1cc(CCN3CCCC3=O)c(O)c(C(C)(C)C)c1)C2. The number of amides is 1. The van der Waals surface area contributed by atoms with Gasteiger partial charge in [-0.3, -0.25) is 15.0 Å². The van der Waals surface area contributed by atoms with Gasteiger partial charge in [0.15, 0.2) is 5.78 Å². The third-order valence-electron chi connectivity index (χ3n) is 6.50. The molecular formula is C26H32N4O3. The number of phenols is 1. The third-order valence-corrected chi connectivity index (χ3v) is 6.50. The number of nitrogens with zero attached hydrogens (tertiary/aromatic N) is 3. The Morgan fingerprint density at radius 2 is 1.97 bits per heavy atom. The summed E-state index contributed by atoms with van der Waals surface area (Å²) in [5.41, 5.74) is 4.01. The lowest BCUT2D eigenvalue weighted by Gasteiger charge is -2.24. The molecule has 0 bridgehead atoms. The van der Waals surface area contributed by atoms with E-state index in [-0.39, 0.29) is 35.2 Å². The van der Waals surface area contributed by atoms with Crippen LogP contribution in [0.4, 0.5) is 0 Å². The molecule has 1 aromatic carbocycles. The number of pyridine rings is 1. The van der Waals surface area contributed by atoms with Gasteiger partial charge in [0, 0.05) is 48.4 Å². The average Bonchev–Trinajstić information content (AvgIpc) is 3.29. The standard InChI is InChI=1S/C26H32N4O3/c1-16-7-8-18-14-30(25(27)23(18)28-16)15-21(31)19-12-17(9-11-29-10-5-6-22(29)32)24(33)20(13-19)26(2,3)4/h7-8,12-13,27,33H,5-6,9-11,14-15H2,1-4H3. The van der Waals surface area contributed by atoms with Crippen LogP contribution in [0.5, 0.6) is 5.75 Å². The molecule has 0 saturated carbocycles. The number of likely N-dealkylation sites (tertiary alicyclic amines) is 1. The summed E-state index contributed by atoms with van der Waals surface area (Å²) in [6.45, 7) is 9.75. The van der Waals surface area contributed by atoms with E-state index in [4.69, 9.17) is 5.41 Å². The zero-order valence-corrected chi connectivity index (χ0v) is 19.9. The molecule has 0 atom stereocenters. The Kier molecular flexibility index (Phi) is 5.99. The van der Waals surface area contributed by atoms with Crippen molar-refractivity contribution in [3.05, 3.63) is 57.9 Å². The quantitative estimate of drug-likeness (QED) is 0.659. The molecule has 1 amide bonds. The van der Waals surface area contributed by atoms with Gasteiger partial charge < -0.3 is 14.9 Å². The van der Waals surface area contributed by atoms with E-state index in [1.165, 1.54) is 0 Å². The van der Waals surface area contributed by atoms with E-state index in [9.17, 15) is 14.7 Å². The molecule has 7 heteroatoms. The number of benzene rings is 1. The highest BCUT2D eigenvalue weighted by Gasteiger charge is 2.29. The maximum absolute atomic E-state index is 13.3. The Balaban J connectivity index is 1.57. The van der Waals surface area contributed by atoms with Crippen molar-refractivity contribution in [2.45, 2.75) is 58.9 Å². The van der Waals surface area contributed by atoms with Crippen LogP contribution >= 0.6 is 0 Å². The summed E-state index contributed by atoms with van der Waals surface area (Å²) in [5, 5.41) is 19.4. The van der Waals surface area contributed by atoms with Crippen LogP contribution in [0.3, 0.4) is 0 Å². The monoisotopic (exact) mass is 448 g/mol. The largest absolute Gasteiger partial charge is 0.507 e. The first-order chi connectivity index (χ1) is 15.5. The van der Waals surface area contributed by atoms with Gasteiger partial charge in [-0.25, -0.2) is 4.98 Å². The lowest BCUT2D eigenvalue weighted by atomic mass is 9.83. The number of ketones is 1. The minimum atomic E-state index is -0.351. The van der Waals surface area contributed by atoms with Gasteiger partial charge in [0.05, 0.1) is 6.54 Å². The van der Waals surface area contributed by atoms with Crippen LogP contribution in [-0.4, -0.2) is 57.1 Å². The number of aromatic nitrogens is 1. The predicted molar refractivity (Wildman–Crippen MR) is 127 cm³/mol. The summed E-state index contributed by atoms with van der Waals surface area (Å²) >= 11 is 0. The molecule has 1 saturated heterocycles. The van der Waals surface area contributed by atoms with Crippen molar-refractivity contribution in [3.63, 3.8) is 0 Å². The number of Topliss-reactive ketones (excluding diaryl/α,β-unsaturated/α-hetero) is 1. The summed E-state index contributed by atoms with van der Waals surface area (Å²) in [4.78, 5) is 33.3. The summed E-state index contributed by atoms with van der Waals surface area (Å²) in [6.07, 6.45) is 1.95. The normalized spacial score (nSPS) is 16.0. The van der Waals surface area contributed by atoms with Crippen molar-refractivity contribution >= 4 is 17.5 Å². The van der Waals surface area contributed by atoms with Crippen LogP contribution in [0.25, 0.3) is 0 Å². The number of aryl methyl sites for hydroxylation is 1. The Morgan fingerprint density at radius 3 is 2.64 bits per heavy atom. The molecule has 0 radical (unpaired) electrons. The smallest absolute Gasteiger partial charge is 0.222 e. The minimum absolute atomic E-state index is 0.0760. The van der Waals surface area contributed by atoms with E-state index in [2.05, 4.69) is 4.98 Å². The Labute approximate surface area is 194 Å². The third kappa shape index (κ3) is 4.63. The highest BCUT2D eigenvalue weighted by atomic mass is 16.3. The molecule has 0 unspecified atom stereocenters. The molecule has 174 valence electrons. The summed E-state index contributed by atoms with van der Waals surface area (Å²) in [5.74, 6) is 0.512.